The molecule has 6 heterocycles. The summed E-state index contributed by atoms with van der Waals surface area (Å²) in [7, 11) is 0. The monoisotopic (exact) mass is 1090 g/mol. The SMILES string of the molecule is N#Cc1cc2c(Oc3ccc(-c4ccccc4)cc3)cncc2s1.NCc1cc2c(Oc3ccc(-c4ccccc4)cc3)cncc2s1.O=C(NCc1cc2c(Oc3ccc(-c4ccccc4)cc3)cncc2s1)C(F)(F)F. The summed E-state index contributed by atoms with van der Waals surface area (Å²) >= 11 is 4.32. The number of carbonyl (C=O) groups excluding carboxylic acids is 1. The van der Waals surface area contributed by atoms with E-state index in [-0.39, 0.29) is 6.54 Å². The Morgan fingerprint density at radius 2 is 0.833 bits per heavy atom. The Kier molecular flexibility index (Phi) is 16.2. The van der Waals surface area contributed by atoms with Crippen LogP contribution < -0.4 is 25.3 Å². The largest absolute Gasteiger partial charge is 0.471 e. The van der Waals surface area contributed by atoms with Crippen molar-refractivity contribution in [1.29, 1.82) is 5.26 Å². The lowest BCUT2D eigenvalue weighted by Gasteiger charge is -2.08. The first-order valence-electron chi connectivity index (χ1n) is 24.1. The Morgan fingerprint density at radius 1 is 0.487 bits per heavy atom. The van der Waals surface area contributed by atoms with Crippen LogP contribution in [-0.2, 0) is 17.9 Å². The molecule has 0 unspecified atom stereocenters. The Labute approximate surface area is 458 Å². The standard InChI is InChI=1S/C22H15F3N2O2S.C20H16N2OS.C20H12N2OS/c23-22(24,25)21(28)27-11-17-10-18-19(12-26-13-20(18)30-17)29-16-8-6-15(7-9-16)14-4-2-1-3-5-14;2*21-11-17-10-18-19(12-22-13-20(18)24-17)23-16-8-6-15(7-9-16)14-4-2-1-3-5-14/h1-10,12-13H,11H2,(H,27,28);1-10,12-13H,11,21H2;1-10,12-13H. The number of hydrogen-bond acceptors (Lipinski definition) is 12. The number of carbonyl (C=O) groups is 1. The Morgan fingerprint density at radius 3 is 1.21 bits per heavy atom. The zero-order valence-corrected chi connectivity index (χ0v) is 43.5. The number of halogens is 3. The van der Waals surface area contributed by atoms with E-state index >= 15 is 0 Å². The lowest BCUT2D eigenvalue weighted by molar-refractivity contribution is -0.173. The summed E-state index contributed by atoms with van der Waals surface area (Å²) in [5.74, 6) is 2.10. The molecule has 10 nitrogen and oxygen atoms in total. The normalized spacial score (nSPS) is 11.0. The van der Waals surface area contributed by atoms with E-state index in [1.165, 1.54) is 39.4 Å². The number of nitrogens with two attached hydrogens (primary N) is 1. The molecule has 6 aromatic carbocycles. The highest BCUT2D eigenvalue weighted by Gasteiger charge is 2.38. The molecule has 384 valence electrons. The van der Waals surface area contributed by atoms with Crippen LogP contribution in [-0.4, -0.2) is 27.0 Å². The summed E-state index contributed by atoms with van der Waals surface area (Å²) in [6, 6.07) is 61.9. The molecule has 0 radical (unpaired) electrons. The van der Waals surface area contributed by atoms with E-state index in [0.717, 1.165) is 69.1 Å². The van der Waals surface area contributed by atoms with Gasteiger partial charge >= 0.3 is 12.1 Å². The van der Waals surface area contributed by atoms with E-state index in [9.17, 15) is 18.0 Å². The molecule has 0 atom stereocenters. The first-order valence-corrected chi connectivity index (χ1v) is 26.6. The fourth-order valence-corrected chi connectivity index (χ4v) is 10.8. The molecule has 12 rings (SSSR count). The maximum Gasteiger partial charge on any atom is 0.471 e. The third kappa shape index (κ3) is 12.9. The lowest BCUT2D eigenvalue weighted by atomic mass is 10.1. The number of rotatable bonds is 12. The molecular weight excluding hydrogens is 1050 g/mol. The van der Waals surface area contributed by atoms with E-state index in [1.807, 2.05) is 145 Å². The van der Waals surface area contributed by atoms with E-state index < -0.39 is 12.1 Å². The van der Waals surface area contributed by atoms with Gasteiger partial charge in [-0.1, -0.05) is 127 Å². The predicted molar refractivity (Wildman–Crippen MR) is 305 cm³/mol. The molecule has 1 amide bonds. The molecule has 0 aliphatic heterocycles. The molecule has 6 aromatic heterocycles. The number of nitrogens with one attached hydrogen (secondary N) is 1. The van der Waals surface area contributed by atoms with Crippen molar-refractivity contribution in [3.8, 4) is 73.9 Å². The Bertz CT molecular complexity index is 4000. The number of pyridine rings is 3. The number of hydrogen-bond donors (Lipinski definition) is 2. The van der Waals surface area contributed by atoms with Crippen molar-refractivity contribution < 1.29 is 32.2 Å². The lowest BCUT2D eigenvalue weighted by Crippen LogP contribution is -2.36. The summed E-state index contributed by atoms with van der Waals surface area (Å²) < 4.78 is 57.8. The second-order valence-electron chi connectivity index (χ2n) is 17.2. The smallest absolute Gasteiger partial charge is 0.455 e. The first-order chi connectivity index (χ1) is 38.1. The molecule has 0 spiro atoms. The number of alkyl halides is 3. The van der Waals surface area contributed by atoms with Crippen molar-refractivity contribution in [2.75, 3.05) is 0 Å². The van der Waals surface area contributed by atoms with Crippen LogP contribution in [0.15, 0.2) is 219 Å². The highest BCUT2D eigenvalue weighted by Crippen LogP contribution is 2.38. The van der Waals surface area contributed by atoms with Crippen LogP contribution >= 0.6 is 34.0 Å². The topological polar surface area (TPSA) is 145 Å². The minimum atomic E-state index is -4.90. The van der Waals surface area contributed by atoms with E-state index in [2.05, 4.69) is 63.5 Å². The zero-order chi connectivity index (χ0) is 53.8. The summed E-state index contributed by atoms with van der Waals surface area (Å²) in [4.78, 5) is 26.0. The molecule has 0 saturated carbocycles. The predicted octanol–water partition coefficient (Wildman–Crippen LogP) is 16.8. The van der Waals surface area contributed by atoms with Gasteiger partial charge in [0.25, 0.3) is 0 Å². The van der Waals surface area contributed by atoms with Crippen molar-refractivity contribution in [2.24, 2.45) is 5.73 Å². The summed E-state index contributed by atoms with van der Waals surface area (Å²) in [6.07, 6.45) is 5.30. The fourth-order valence-electron chi connectivity index (χ4n) is 8.09. The molecule has 0 fully saturated rings. The van der Waals surface area contributed by atoms with Gasteiger partial charge in [0.2, 0.25) is 0 Å². The summed E-state index contributed by atoms with van der Waals surface area (Å²) in [5, 5.41) is 13.6. The molecule has 12 aromatic rings. The van der Waals surface area contributed by atoms with Gasteiger partial charge in [-0.3, -0.25) is 19.7 Å². The second kappa shape index (κ2) is 24.2. The van der Waals surface area contributed by atoms with Gasteiger partial charge in [0, 0.05) is 51.0 Å². The van der Waals surface area contributed by atoms with Crippen LogP contribution in [0.3, 0.4) is 0 Å². The van der Waals surface area contributed by atoms with Crippen molar-refractivity contribution in [1.82, 2.24) is 20.3 Å². The number of benzene rings is 6. The number of nitrogens with zero attached hydrogens (tertiary/aromatic N) is 4. The van der Waals surface area contributed by atoms with Crippen LogP contribution in [0.4, 0.5) is 13.2 Å². The number of aromatic nitrogens is 3. The number of thiophene rings is 3. The van der Waals surface area contributed by atoms with Gasteiger partial charge in [0.05, 0.1) is 39.2 Å². The summed E-state index contributed by atoms with van der Waals surface area (Å²) in [5.41, 5.74) is 12.6. The highest BCUT2D eigenvalue weighted by atomic mass is 32.1. The molecule has 16 heteroatoms. The quantitative estimate of drug-likeness (QED) is 0.122. The molecule has 0 aliphatic rings. The van der Waals surface area contributed by atoms with Gasteiger partial charge in [0.15, 0.2) is 17.2 Å². The average molecular weight is 1090 g/mol. The van der Waals surface area contributed by atoms with E-state index in [1.54, 1.807) is 48.4 Å². The number of ether oxygens (including phenoxy) is 3. The molecule has 78 heavy (non-hydrogen) atoms. The molecular formula is C62H43F3N6O4S3. The molecule has 0 bridgehead atoms. The van der Waals surface area contributed by atoms with E-state index in [0.29, 0.717) is 33.5 Å². The van der Waals surface area contributed by atoms with Crippen molar-refractivity contribution in [3.63, 3.8) is 0 Å². The molecule has 0 aliphatic carbocycles. The first kappa shape index (κ1) is 52.2. The second-order valence-corrected chi connectivity index (χ2v) is 20.6. The maximum atomic E-state index is 12.4. The number of nitriles is 1. The van der Waals surface area contributed by atoms with Crippen LogP contribution in [0.25, 0.3) is 63.6 Å². The Balaban J connectivity index is 0.000000133. The molecule has 3 N–H and O–H groups in total. The minimum absolute atomic E-state index is 0.219. The van der Waals surface area contributed by atoms with Crippen LogP contribution in [0.5, 0.6) is 34.5 Å². The fraction of sp³-hybridized carbons (Fsp3) is 0.0484. The zero-order valence-electron chi connectivity index (χ0n) is 41.1. The highest BCUT2D eigenvalue weighted by molar-refractivity contribution is 7.20. The minimum Gasteiger partial charge on any atom is -0.455 e. The number of fused-ring (bicyclic) bond motifs is 3. The van der Waals surface area contributed by atoms with E-state index in [4.69, 9.17) is 25.2 Å². The van der Waals surface area contributed by atoms with Gasteiger partial charge < -0.3 is 25.3 Å². The van der Waals surface area contributed by atoms with Crippen LogP contribution in [0.1, 0.15) is 14.6 Å². The van der Waals surface area contributed by atoms with Crippen LogP contribution in [0.2, 0.25) is 0 Å². The third-order valence-corrected chi connectivity index (χ3v) is 15.0. The van der Waals surface area contributed by atoms with Gasteiger partial charge in [0.1, 0.15) is 28.2 Å². The molecule has 0 saturated heterocycles. The summed E-state index contributed by atoms with van der Waals surface area (Å²) in [6.45, 7) is 0.313. The van der Waals surface area contributed by atoms with Crippen molar-refractivity contribution in [2.45, 2.75) is 19.3 Å². The van der Waals surface area contributed by atoms with Crippen molar-refractivity contribution in [3.05, 3.63) is 234 Å². The van der Waals surface area contributed by atoms with Gasteiger partial charge in [-0.05, 0) is 88.0 Å². The average Bonchev–Trinajstić information content (AvgIpc) is 4.26. The maximum absolute atomic E-state index is 12.4. The van der Waals surface area contributed by atoms with Crippen LogP contribution in [0, 0.1) is 11.3 Å². The third-order valence-electron chi connectivity index (χ3n) is 11.9. The number of amides is 1. The van der Waals surface area contributed by atoms with Crippen molar-refractivity contribution >= 4 is 70.2 Å². The van der Waals surface area contributed by atoms with Gasteiger partial charge in [-0.25, -0.2) is 0 Å². The van der Waals surface area contributed by atoms with Gasteiger partial charge in [-0.15, -0.1) is 34.0 Å². The van der Waals surface area contributed by atoms with Gasteiger partial charge in [-0.2, -0.15) is 18.4 Å². The Hall–Kier alpha value is -9.24.